The van der Waals surface area contributed by atoms with Crippen LogP contribution in [-0.4, -0.2) is 18.7 Å². The molecule has 0 aromatic heterocycles. The van der Waals surface area contributed by atoms with E-state index < -0.39 is 0 Å². The average Bonchev–Trinajstić information content (AvgIpc) is 3.18. The SMILES string of the molecule is CCOc1c(Br)cc(/C=N\NC(=O)C2CC2)cc1Br. The van der Waals surface area contributed by atoms with Crippen molar-refractivity contribution in [2.45, 2.75) is 19.8 Å². The molecule has 1 amide bonds. The summed E-state index contributed by atoms with van der Waals surface area (Å²) in [4.78, 5) is 11.4. The zero-order valence-corrected chi connectivity index (χ0v) is 13.6. The van der Waals surface area contributed by atoms with Gasteiger partial charge in [0.15, 0.2) is 0 Å². The van der Waals surface area contributed by atoms with Crippen LogP contribution in [-0.2, 0) is 4.79 Å². The fourth-order valence-corrected chi connectivity index (χ4v) is 2.99. The number of benzene rings is 1. The van der Waals surface area contributed by atoms with Gasteiger partial charge in [-0.15, -0.1) is 0 Å². The van der Waals surface area contributed by atoms with Gasteiger partial charge in [-0.05, 0) is 69.3 Å². The van der Waals surface area contributed by atoms with Gasteiger partial charge in [-0.3, -0.25) is 4.79 Å². The molecule has 1 N–H and O–H groups in total. The quantitative estimate of drug-likeness (QED) is 0.619. The third kappa shape index (κ3) is 4.04. The number of nitrogens with one attached hydrogen (secondary N) is 1. The van der Waals surface area contributed by atoms with Crippen LogP contribution < -0.4 is 10.2 Å². The van der Waals surface area contributed by atoms with Crippen molar-refractivity contribution in [2.75, 3.05) is 6.61 Å². The Bertz CT molecular complexity index is 490. The number of carbonyl (C=O) groups excluding carboxylic acids is 1. The molecule has 0 saturated heterocycles. The van der Waals surface area contributed by atoms with Crippen LogP contribution in [0.1, 0.15) is 25.3 Å². The molecule has 1 fully saturated rings. The molecule has 6 heteroatoms. The van der Waals surface area contributed by atoms with E-state index >= 15 is 0 Å². The van der Waals surface area contributed by atoms with Gasteiger partial charge in [-0.2, -0.15) is 5.10 Å². The minimum atomic E-state index is 0.000294. The molecule has 102 valence electrons. The number of carbonyl (C=O) groups is 1. The Balaban J connectivity index is 2.03. The third-order valence-electron chi connectivity index (χ3n) is 2.65. The number of amides is 1. The third-order valence-corrected chi connectivity index (χ3v) is 3.82. The lowest BCUT2D eigenvalue weighted by atomic mass is 10.2. The molecule has 0 spiro atoms. The maximum absolute atomic E-state index is 11.4. The van der Waals surface area contributed by atoms with Crippen LogP contribution in [0.4, 0.5) is 0 Å². The Morgan fingerprint density at radius 3 is 2.63 bits per heavy atom. The number of hydrogen-bond acceptors (Lipinski definition) is 3. The fraction of sp³-hybridized carbons (Fsp3) is 0.385. The van der Waals surface area contributed by atoms with Crippen molar-refractivity contribution in [1.82, 2.24) is 5.43 Å². The second kappa shape index (κ2) is 6.52. The lowest BCUT2D eigenvalue weighted by molar-refractivity contribution is -0.122. The molecule has 1 saturated carbocycles. The van der Waals surface area contributed by atoms with Crippen molar-refractivity contribution in [3.05, 3.63) is 26.6 Å². The van der Waals surface area contributed by atoms with Crippen LogP contribution in [0, 0.1) is 5.92 Å². The zero-order chi connectivity index (χ0) is 13.8. The molecule has 1 aliphatic rings. The average molecular weight is 390 g/mol. The Labute approximate surface area is 128 Å². The molecule has 2 rings (SSSR count). The lowest BCUT2D eigenvalue weighted by Gasteiger charge is -2.09. The van der Waals surface area contributed by atoms with Gasteiger partial charge >= 0.3 is 0 Å². The number of hydrogen-bond donors (Lipinski definition) is 1. The smallest absolute Gasteiger partial charge is 0.243 e. The second-order valence-electron chi connectivity index (χ2n) is 4.26. The molecule has 0 heterocycles. The Hall–Kier alpha value is -0.880. The van der Waals surface area contributed by atoms with Crippen molar-refractivity contribution in [3.8, 4) is 5.75 Å². The summed E-state index contributed by atoms with van der Waals surface area (Å²) in [6.07, 6.45) is 3.56. The lowest BCUT2D eigenvalue weighted by Crippen LogP contribution is -2.18. The van der Waals surface area contributed by atoms with E-state index in [0.29, 0.717) is 6.61 Å². The summed E-state index contributed by atoms with van der Waals surface area (Å²) < 4.78 is 7.19. The molecule has 0 unspecified atom stereocenters. The number of rotatable bonds is 5. The minimum absolute atomic E-state index is 0.000294. The minimum Gasteiger partial charge on any atom is -0.492 e. The van der Waals surface area contributed by atoms with E-state index in [1.165, 1.54) is 0 Å². The first-order valence-electron chi connectivity index (χ1n) is 6.06. The van der Waals surface area contributed by atoms with Crippen molar-refractivity contribution in [2.24, 2.45) is 11.0 Å². The summed E-state index contributed by atoms with van der Waals surface area (Å²) in [5.41, 5.74) is 3.41. The highest BCUT2D eigenvalue weighted by atomic mass is 79.9. The number of ether oxygens (including phenoxy) is 1. The molecule has 0 bridgehead atoms. The molecular formula is C13H14Br2N2O2. The van der Waals surface area contributed by atoms with Gasteiger partial charge in [-0.1, -0.05) is 0 Å². The normalized spacial score (nSPS) is 14.7. The molecule has 4 nitrogen and oxygen atoms in total. The molecule has 1 aromatic rings. The van der Waals surface area contributed by atoms with Crippen LogP contribution in [0.15, 0.2) is 26.2 Å². The van der Waals surface area contributed by atoms with E-state index in [1.807, 2.05) is 19.1 Å². The molecule has 19 heavy (non-hydrogen) atoms. The number of halogens is 2. The second-order valence-corrected chi connectivity index (χ2v) is 5.96. The van der Waals surface area contributed by atoms with E-state index in [-0.39, 0.29) is 11.8 Å². The highest BCUT2D eigenvalue weighted by Gasteiger charge is 2.29. The van der Waals surface area contributed by atoms with Crippen LogP contribution in [0.25, 0.3) is 0 Å². The van der Waals surface area contributed by atoms with Crippen molar-refractivity contribution >= 4 is 44.0 Å². The Morgan fingerprint density at radius 2 is 2.11 bits per heavy atom. The number of nitrogens with zero attached hydrogens (tertiary/aromatic N) is 1. The largest absolute Gasteiger partial charge is 0.492 e. The van der Waals surface area contributed by atoms with Gasteiger partial charge in [-0.25, -0.2) is 5.43 Å². The number of hydrazone groups is 1. The summed E-state index contributed by atoms with van der Waals surface area (Å²) in [6, 6.07) is 3.78. The van der Waals surface area contributed by atoms with Crippen molar-refractivity contribution < 1.29 is 9.53 Å². The predicted octanol–water partition coefficient (Wildman–Crippen LogP) is 3.47. The zero-order valence-electron chi connectivity index (χ0n) is 10.5. The van der Waals surface area contributed by atoms with Crippen molar-refractivity contribution in [1.29, 1.82) is 0 Å². The van der Waals surface area contributed by atoms with E-state index in [4.69, 9.17) is 4.74 Å². The van der Waals surface area contributed by atoms with Gasteiger partial charge in [0.05, 0.1) is 21.8 Å². The molecule has 0 atom stereocenters. The highest BCUT2D eigenvalue weighted by molar-refractivity contribution is 9.11. The highest BCUT2D eigenvalue weighted by Crippen LogP contribution is 2.34. The maximum atomic E-state index is 11.4. The first-order chi connectivity index (χ1) is 9.11. The summed E-state index contributed by atoms with van der Waals surface area (Å²) >= 11 is 6.90. The molecule has 0 aliphatic heterocycles. The predicted molar refractivity (Wildman–Crippen MR) is 81.5 cm³/mol. The standard InChI is InChI=1S/C13H14Br2N2O2/c1-2-19-12-10(14)5-8(6-11(12)15)7-16-17-13(18)9-3-4-9/h5-7,9H,2-4H2,1H3,(H,17,18)/b16-7-. The molecular weight excluding hydrogens is 376 g/mol. The summed E-state index contributed by atoms with van der Waals surface area (Å²) in [5, 5.41) is 3.95. The van der Waals surface area contributed by atoms with Crippen LogP contribution in [0.2, 0.25) is 0 Å². The summed E-state index contributed by atoms with van der Waals surface area (Å²) in [7, 11) is 0. The summed E-state index contributed by atoms with van der Waals surface area (Å²) in [5.74, 6) is 0.929. The first-order valence-corrected chi connectivity index (χ1v) is 7.65. The van der Waals surface area contributed by atoms with Crippen LogP contribution in [0.3, 0.4) is 0 Å². The van der Waals surface area contributed by atoms with E-state index in [9.17, 15) is 4.79 Å². The van der Waals surface area contributed by atoms with Gasteiger partial charge in [0, 0.05) is 5.92 Å². The van der Waals surface area contributed by atoms with Crippen LogP contribution in [0.5, 0.6) is 5.75 Å². The molecule has 1 aliphatic carbocycles. The molecule has 1 aromatic carbocycles. The van der Waals surface area contributed by atoms with Gasteiger partial charge in [0.2, 0.25) is 5.91 Å². The van der Waals surface area contributed by atoms with Gasteiger partial charge in [0.1, 0.15) is 5.75 Å². The molecule has 0 radical (unpaired) electrons. The van der Waals surface area contributed by atoms with Crippen molar-refractivity contribution in [3.63, 3.8) is 0 Å². The first kappa shape index (κ1) is 14.5. The monoisotopic (exact) mass is 388 g/mol. The summed E-state index contributed by atoms with van der Waals surface area (Å²) in [6.45, 7) is 2.53. The topological polar surface area (TPSA) is 50.7 Å². The Morgan fingerprint density at radius 1 is 1.47 bits per heavy atom. The Kier molecular flexibility index (Phi) is 4.99. The van der Waals surface area contributed by atoms with E-state index in [0.717, 1.165) is 33.1 Å². The van der Waals surface area contributed by atoms with Gasteiger partial charge < -0.3 is 4.74 Å². The van der Waals surface area contributed by atoms with E-state index in [1.54, 1.807) is 6.21 Å². The van der Waals surface area contributed by atoms with E-state index in [2.05, 4.69) is 42.4 Å². The van der Waals surface area contributed by atoms with Crippen LogP contribution >= 0.6 is 31.9 Å². The van der Waals surface area contributed by atoms with Gasteiger partial charge in [0.25, 0.3) is 0 Å². The fourth-order valence-electron chi connectivity index (χ4n) is 1.54. The maximum Gasteiger partial charge on any atom is 0.243 e.